The fourth-order valence-electron chi connectivity index (χ4n) is 3.27. The van der Waals surface area contributed by atoms with Crippen LogP contribution in [0.15, 0.2) is 53.7 Å². The maximum absolute atomic E-state index is 12.8. The number of carbonyl (C=O) groups is 1. The highest BCUT2D eigenvalue weighted by Gasteiger charge is 2.27. The second-order valence-corrected chi connectivity index (χ2v) is 7.53. The minimum absolute atomic E-state index is 0.0425. The molecule has 0 unspecified atom stereocenters. The summed E-state index contributed by atoms with van der Waals surface area (Å²) >= 11 is 0. The highest BCUT2D eigenvalue weighted by Crippen LogP contribution is 2.21. The number of ether oxygens (including phenoxy) is 2. The Morgan fingerprint density at radius 2 is 1.90 bits per heavy atom. The SMILES string of the molecule is COc1ccc(C2=NO[C@H](CN(Cc3cccc(OC)c3)C(=O)NC(C)C)C2)cc1. The third-order valence-corrected chi connectivity index (χ3v) is 4.79. The van der Waals surface area contributed by atoms with Gasteiger partial charge >= 0.3 is 6.03 Å². The zero-order chi connectivity index (χ0) is 21.5. The van der Waals surface area contributed by atoms with Gasteiger partial charge in [0.2, 0.25) is 0 Å². The average molecular weight is 412 g/mol. The minimum atomic E-state index is -0.203. The highest BCUT2D eigenvalue weighted by atomic mass is 16.6. The zero-order valence-corrected chi connectivity index (χ0v) is 17.9. The van der Waals surface area contributed by atoms with E-state index >= 15 is 0 Å². The summed E-state index contributed by atoms with van der Waals surface area (Å²) in [6.07, 6.45) is 0.432. The molecule has 1 atom stereocenters. The van der Waals surface area contributed by atoms with Gasteiger partial charge in [-0.1, -0.05) is 17.3 Å². The van der Waals surface area contributed by atoms with Crippen LogP contribution in [0.3, 0.4) is 0 Å². The van der Waals surface area contributed by atoms with Crippen molar-refractivity contribution < 1.29 is 19.1 Å². The number of rotatable bonds is 8. The van der Waals surface area contributed by atoms with Gasteiger partial charge in [-0.15, -0.1) is 0 Å². The van der Waals surface area contributed by atoms with Crippen LogP contribution in [0, 0.1) is 0 Å². The van der Waals surface area contributed by atoms with E-state index in [4.69, 9.17) is 14.3 Å². The molecule has 0 saturated heterocycles. The molecule has 7 nitrogen and oxygen atoms in total. The molecule has 1 aliphatic rings. The van der Waals surface area contributed by atoms with E-state index in [2.05, 4.69) is 10.5 Å². The Kier molecular flexibility index (Phi) is 7.17. The Bertz CT molecular complexity index is 880. The van der Waals surface area contributed by atoms with E-state index in [9.17, 15) is 4.79 Å². The van der Waals surface area contributed by atoms with Gasteiger partial charge < -0.3 is 24.5 Å². The van der Waals surface area contributed by atoms with Gasteiger partial charge in [-0.2, -0.15) is 0 Å². The normalized spacial score (nSPS) is 15.4. The predicted molar refractivity (Wildman–Crippen MR) is 116 cm³/mol. The molecule has 0 bridgehead atoms. The molecule has 7 heteroatoms. The molecule has 0 spiro atoms. The molecule has 0 saturated carbocycles. The Morgan fingerprint density at radius 3 is 2.57 bits per heavy atom. The zero-order valence-electron chi connectivity index (χ0n) is 17.9. The first-order valence-corrected chi connectivity index (χ1v) is 10.0. The van der Waals surface area contributed by atoms with Crippen LogP contribution in [-0.4, -0.2) is 49.6 Å². The van der Waals surface area contributed by atoms with Gasteiger partial charge in [0, 0.05) is 19.0 Å². The largest absolute Gasteiger partial charge is 0.497 e. The summed E-state index contributed by atoms with van der Waals surface area (Å²) in [5.74, 6) is 1.56. The molecular formula is C23H29N3O4. The van der Waals surface area contributed by atoms with Crippen molar-refractivity contribution in [3.8, 4) is 11.5 Å². The van der Waals surface area contributed by atoms with Crippen LogP contribution in [-0.2, 0) is 11.4 Å². The van der Waals surface area contributed by atoms with E-state index in [0.29, 0.717) is 19.5 Å². The van der Waals surface area contributed by atoms with Crippen molar-refractivity contribution in [2.75, 3.05) is 20.8 Å². The quantitative estimate of drug-likeness (QED) is 0.717. The number of amides is 2. The Hall–Kier alpha value is -3.22. The molecule has 0 aliphatic carbocycles. The lowest BCUT2D eigenvalue weighted by Crippen LogP contribution is -2.45. The smallest absolute Gasteiger partial charge is 0.318 e. The van der Waals surface area contributed by atoms with Crippen molar-refractivity contribution in [1.29, 1.82) is 0 Å². The first-order chi connectivity index (χ1) is 14.5. The van der Waals surface area contributed by atoms with Gasteiger partial charge in [0.05, 0.1) is 26.5 Å². The monoisotopic (exact) mass is 411 g/mol. The third-order valence-electron chi connectivity index (χ3n) is 4.79. The van der Waals surface area contributed by atoms with Crippen molar-refractivity contribution in [2.45, 2.75) is 39.0 Å². The van der Waals surface area contributed by atoms with Crippen LogP contribution < -0.4 is 14.8 Å². The summed E-state index contributed by atoms with van der Waals surface area (Å²) in [7, 11) is 3.27. The van der Waals surface area contributed by atoms with E-state index < -0.39 is 0 Å². The first kappa shape index (κ1) is 21.5. The molecule has 1 N–H and O–H groups in total. The van der Waals surface area contributed by atoms with Crippen molar-refractivity contribution >= 4 is 11.7 Å². The molecule has 1 heterocycles. The number of urea groups is 1. The topological polar surface area (TPSA) is 72.4 Å². The van der Waals surface area contributed by atoms with Gasteiger partial charge in [-0.25, -0.2) is 4.79 Å². The number of nitrogens with one attached hydrogen (secondary N) is 1. The molecule has 3 rings (SSSR count). The number of hydrogen-bond acceptors (Lipinski definition) is 5. The Morgan fingerprint density at radius 1 is 1.17 bits per heavy atom. The fraction of sp³-hybridized carbons (Fsp3) is 0.391. The lowest BCUT2D eigenvalue weighted by Gasteiger charge is -2.26. The van der Waals surface area contributed by atoms with E-state index in [-0.39, 0.29) is 18.2 Å². The molecule has 30 heavy (non-hydrogen) atoms. The molecule has 2 aromatic rings. The predicted octanol–water partition coefficient (Wildman–Crippen LogP) is 3.82. The van der Waals surface area contributed by atoms with E-state index in [1.807, 2.05) is 62.4 Å². The fourth-order valence-corrected chi connectivity index (χ4v) is 3.27. The molecule has 0 aromatic heterocycles. The summed E-state index contributed by atoms with van der Waals surface area (Å²) in [6.45, 7) is 4.77. The van der Waals surface area contributed by atoms with Gasteiger partial charge in [-0.05, 0) is 61.4 Å². The lowest BCUT2D eigenvalue weighted by molar-refractivity contribution is 0.0586. The van der Waals surface area contributed by atoms with E-state index in [1.165, 1.54) is 0 Å². The van der Waals surface area contributed by atoms with Gasteiger partial charge in [0.25, 0.3) is 0 Å². The molecule has 2 amide bonds. The van der Waals surface area contributed by atoms with Crippen molar-refractivity contribution in [3.05, 3.63) is 59.7 Å². The molecular weight excluding hydrogens is 382 g/mol. The maximum atomic E-state index is 12.8. The van der Waals surface area contributed by atoms with Crippen LogP contribution in [0.4, 0.5) is 4.79 Å². The maximum Gasteiger partial charge on any atom is 0.318 e. The number of methoxy groups -OCH3 is 2. The lowest BCUT2D eigenvalue weighted by atomic mass is 10.0. The molecule has 0 radical (unpaired) electrons. The van der Waals surface area contributed by atoms with Gasteiger partial charge in [0.15, 0.2) is 6.10 Å². The summed E-state index contributed by atoms with van der Waals surface area (Å²) in [4.78, 5) is 20.2. The summed E-state index contributed by atoms with van der Waals surface area (Å²) in [5, 5.41) is 7.22. The van der Waals surface area contributed by atoms with Crippen LogP contribution in [0.2, 0.25) is 0 Å². The number of hydrogen-bond donors (Lipinski definition) is 1. The molecule has 2 aromatic carbocycles. The molecule has 1 aliphatic heterocycles. The highest BCUT2D eigenvalue weighted by molar-refractivity contribution is 6.01. The number of benzene rings is 2. The van der Waals surface area contributed by atoms with Crippen LogP contribution in [0.25, 0.3) is 0 Å². The molecule has 160 valence electrons. The van der Waals surface area contributed by atoms with Crippen LogP contribution in [0.1, 0.15) is 31.4 Å². The van der Waals surface area contributed by atoms with Crippen LogP contribution in [0.5, 0.6) is 11.5 Å². The summed E-state index contributed by atoms with van der Waals surface area (Å²) < 4.78 is 10.5. The van der Waals surface area contributed by atoms with Gasteiger partial charge in [-0.3, -0.25) is 0 Å². The Balaban J connectivity index is 1.67. The standard InChI is InChI=1S/C23H29N3O4/c1-16(2)24-23(27)26(14-17-6-5-7-20(12-17)29-4)15-21-13-22(25-30-21)18-8-10-19(28-3)11-9-18/h5-12,16,21H,13-15H2,1-4H3,(H,24,27)/t21-/m0/s1. The second kappa shape index (κ2) is 10.0. The van der Waals surface area contributed by atoms with Crippen molar-refractivity contribution in [3.63, 3.8) is 0 Å². The van der Waals surface area contributed by atoms with E-state index in [0.717, 1.165) is 28.3 Å². The minimum Gasteiger partial charge on any atom is -0.497 e. The number of oxime groups is 1. The number of nitrogens with zero attached hydrogens (tertiary/aromatic N) is 2. The summed E-state index contributed by atoms with van der Waals surface area (Å²) in [5.41, 5.74) is 2.85. The number of carbonyl (C=O) groups excluding carboxylic acids is 1. The molecule has 0 fully saturated rings. The third kappa shape index (κ3) is 5.65. The summed E-state index contributed by atoms with van der Waals surface area (Å²) in [6, 6.07) is 15.4. The first-order valence-electron chi connectivity index (χ1n) is 10.0. The van der Waals surface area contributed by atoms with Crippen molar-refractivity contribution in [2.24, 2.45) is 5.16 Å². The van der Waals surface area contributed by atoms with Crippen molar-refractivity contribution in [1.82, 2.24) is 10.2 Å². The average Bonchev–Trinajstić information content (AvgIpc) is 3.21. The van der Waals surface area contributed by atoms with Gasteiger partial charge in [0.1, 0.15) is 11.5 Å². The Labute approximate surface area is 177 Å². The second-order valence-electron chi connectivity index (χ2n) is 7.53. The van der Waals surface area contributed by atoms with Crippen LogP contribution >= 0.6 is 0 Å². The van der Waals surface area contributed by atoms with E-state index in [1.54, 1.807) is 19.1 Å².